The summed E-state index contributed by atoms with van der Waals surface area (Å²) in [5, 5.41) is 8.24. The Morgan fingerprint density at radius 2 is 1.69 bits per heavy atom. The number of nitrogens with zero attached hydrogens (tertiary/aromatic N) is 2. The molecule has 0 aliphatic carbocycles. The normalized spacial score (nSPS) is 10.8. The van der Waals surface area contributed by atoms with Crippen molar-refractivity contribution in [3.05, 3.63) is 93.8 Å². The summed E-state index contributed by atoms with van der Waals surface area (Å²) in [6.45, 7) is 0.382. The van der Waals surface area contributed by atoms with Crippen molar-refractivity contribution in [2.24, 2.45) is 0 Å². The number of rotatable bonds is 8. The summed E-state index contributed by atoms with van der Waals surface area (Å²) in [5.41, 5.74) is 3.03. The molecule has 0 aliphatic heterocycles. The lowest BCUT2D eigenvalue weighted by Gasteiger charge is -2.11. The van der Waals surface area contributed by atoms with Crippen molar-refractivity contribution in [2.75, 3.05) is 20.8 Å². The molecular weight excluding hydrogens is 492 g/mol. The van der Waals surface area contributed by atoms with Gasteiger partial charge in [0.15, 0.2) is 11.5 Å². The number of ether oxygens (including phenoxy) is 2. The van der Waals surface area contributed by atoms with Gasteiger partial charge in [0.1, 0.15) is 11.5 Å². The molecule has 180 valence electrons. The Balaban J connectivity index is 1.58. The number of aromatic nitrogens is 2. The van der Waals surface area contributed by atoms with Crippen molar-refractivity contribution in [2.45, 2.75) is 6.42 Å². The van der Waals surface area contributed by atoms with Crippen molar-refractivity contribution in [1.82, 2.24) is 15.1 Å². The van der Waals surface area contributed by atoms with E-state index in [1.165, 1.54) is 16.8 Å². The SMILES string of the molecule is COc1ccc(CCNC(=O)c2cc(-c3ccc(F)cc3)nn2-c2ccc(Cl)c(Cl)c2)cc1OC. The van der Waals surface area contributed by atoms with Crippen molar-refractivity contribution >= 4 is 29.1 Å². The first-order valence-electron chi connectivity index (χ1n) is 10.7. The van der Waals surface area contributed by atoms with Crippen LogP contribution in [-0.4, -0.2) is 36.5 Å². The van der Waals surface area contributed by atoms with E-state index in [0.717, 1.165) is 5.56 Å². The van der Waals surface area contributed by atoms with Crippen molar-refractivity contribution in [3.8, 4) is 28.4 Å². The van der Waals surface area contributed by atoms with E-state index in [4.69, 9.17) is 32.7 Å². The van der Waals surface area contributed by atoms with Crippen LogP contribution in [0.5, 0.6) is 11.5 Å². The molecule has 0 spiro atoms. The van der Waals surface area contributed by atoms with E-state index in [1.807, 2.05) is 18.2 Å². The molecule has 1 N–H and O–H groups in total. The van der Waals surface area contributed by atoms with Crippen LogP contribution in [0.4, 0.5) is 4.39 Å². The monoisotopic (exact) mass is 513 g/mol. The van der Waals surface area contributed by atoms with E-state index in [9.17, 15) is 9.18 Å². The molecule has 0 unspecified atom stereocenters. The molecule has 4 rings (SSSR count). The third-order valence-electron chi connectivity index (χ3n) is 5.38. The van der Waals surface area contributed by atoms with E-state index in [-0.39, 0.29) is 11.7 Å². The predicted molar refractivity (Wildman–Crippen MR) is 135 cm³/mol. The lowest BCUT2D eigenvalue weighted by atomic mass is 10.1. The summed E-state index contributed by atoms with van der Waals surface area (Å²) in [6.07, 6.45) is 0.581. The van der Waals surface area contributed by atoms with Crippen molar-refractivity contribution < 1.29 is 18.7 Å². The van der Waals surface area contributed by atoms with Gasteiger partial charge in [-0.3, -0.25) is 4.79 Å². The molecule has 0 saturated heterocycles. The van der Waals surface area contributed by atoms with Crippen molar-refractivity contribution in [1.29, 1.82) is 0 Å². The van der Waals surface area contributed by atoms with Crippen LogP contribution in [0.15, 0.2) is 66.7 Å². The number of carbonyl (C=O) groups excluding carboxylic acids is 1. The Hall–Kier alpha value is -3.55. The van der Waals surface area contributed by atoms with Gasteiger partial charge < -0.3 is 14.8 Å². The van der Waals surface area contributed by atoms with Crippen LogP contribution in [0.1, 0.15) is 16.1 Å². The summed E-state index contributed by atoms with van der Waals surface area (Å²) in [7, 11) is 3.15. The van der Waals surface area contributed by atoms with Gasteiger partial charge in [-0.05, 0) is 72.6 Å². The maximum absolute atomic E-state index is 13.4. The number of hydrogen-bond acceptors (Lipinski definition) is 4. The van der Waals surface area contributed by atoms with Gasteiger partial charge in [-0.2, -0.15) is 5.10 Å². The molecule has 0 bridgehead atoms. The van der Waals surface area contributed by atoms with Crippen LogP contribution < -0.4 is 14.8 Å². The number of hydrogen-bond donors (Lipinski definition) is 1. The van der Waals surface area contributed by atoms with E-state index in [1.54, 1.807) is 50.6 Å². The molecule has 0 radical (unpaired) electrons. The summed E-state index contributed by atoms with van der Waals surface area (Å²) in [4.78, 5) is 13.2. The number of nitrogens with one attached hydrogen (secondary N) is 1. The number of methoxy groups -OCH3 is 2. The van der Waals surface area contributed by atoms with Crippen LogP contribution in [0.3, 0.4) is 0 Å². The molecule has 35 heavy (non-hydrogen) atoms. The molecule has 0 saturated carbocycles. The quantitative estimate of drug-likeness (QED) is 0.315. The van der Waals surface area contributed by atoms with Gasteiger partial charge in [-0.1, -0.05) is 29.3 Å². The molecule has 3 aromatic carbocycles. The first-order chi connectivity index (χ1) is 16.9. The fraction of sp³-hybridized carbons (Fsp3) is 0.154. The molecule has 0 fully saturated rings. The molecule has 1 amide bonds. The average Bonchev–Trinajstić information content (AvgIpc) is 3.31. The van der Waals surface area contributed by atoms with E-state index >= 15 is 0 Å². The minimum Gasteiger partial charge on any atom is -0.493 e. The van der Waals surface area contributed by atoms with Crippen LogP contribution in [0.2, 0.25) is 10.0 Å². The highest BCUT2D eigenvalue weighted by Gasteiger charge is 2.18. The molecule has 6 nitrogen and oxygen atoms in total. The summed E-state index contributed by atoms with van der Waals surface area (Å²) >= 11 is 12.3. The lowest BCUT2D eigenvalue weighted by Crippen LogP contribution is -2.27. The second kappa shape index (κ2) is 10.8. The molecule has 9 heteroatoms. The molecule has 1 aromatic heterocycles. The van der Waals surface area contributed by atoms with E-state index < -0.39 is 0 Å². The number of carbonyl (C=O) groups is 1. The summed E-state index contributed by atoms with van der Waals surface area (Å²) in [6, 6.07) is 18.2. The smallest absolute Gasteiger partial charge is 0.270 e. The number of amides is 1. The number of halogens is 3. The largest absolute Gasteiger partial charge is 0.493 e. The Morgan fingerprint density at radius 3 is 2.37 bits per heavy atom. The van der Waals surface area contributed by atoms with Gasteiger partial charge in [0, 0.05) is 12.1 Å². The third kappa shape index (κ3) is 5.58. The molecule has 4 aromatic rings. The predicted octanol–water partition coefficient (Wildman–Crippen LogP) is 5.97. The van der Waals surface area contributed by atoms with Crippen LogP contribution in [0, 0.1) is 5.82 Å². The van der Waals surface area contributed by atoms with Gasteiger partial charge in [0.25, 0.3) is 5.91 Å². The lowest BCUT2D eigenvalue weighted by molar-refractivity contribution is 0.0946. The highest BCUT2D eigenvalue weighted by atomic mass is 35.5. The van der Waals surface area contributed by atoms with Gasteiger partial charge in [0.05, 0.1) is 35.6 Å². The topological polar surface area (TPSA) is 65.4 Å². The molecule has 0 aliphatic rings. The molecule has 1 heterocycles. The van der Waals surface area contributed by atoms with E-state index in [2.05, 4.69) is 10.4 Å². The van der Waals surface area contributed by atoms with Crippen LogP contribution in [-0.2, 0) is 6.42 Å². The Kier molecular flexibility index (Phi) is 7.58. The fourth-order valence-electron chi connectivity index (χ4n) is 3.57. The van der Waals surface area contributed by atoms with Crippen LogP contribution in [0.25, 0.3) is 16.9 Å². The molecular formula is C26H22Cl2FN3O3. The average molecular weight is 514 g/mol. The zero-order valence-electron chi connectivity index (χ0n) is 19.0. The van der Waals surface area contributed by atoms with Gasteiger partial charge in [-0.15, -0.1) is 0 Å². The first kappa shape index (κ1) is 24.6. The summed E-state index contributed by atoms with van der Waals surface area (Å²) < 4.78 is 25.5. The highest BCUT2D eigenvalue weighted by molar-refractivity contribution is 6.42. The van der Waals surface area contributed by atoms with Gasteiger partial charge >= 0.3 is 0 Å². The Morgan fingerprint density at radius 1 is 0.943 bits per heavy atom. The summed E-state index contributed by atoms with van der Waals surface area (Å²) in [5.74, 6) is 0.584. The first-order valence-corrected chi connectivity index (χ1v) is 11.5. The van der Waals surface area contributed by atoms with Gasteiger partial charge in [0.2, 0.25) is 0 Å². The minimum absolute atomic E-state index is 0.301. The molecule has 0 atom stereocenters. The Labute approximate surface area is 212 Å². The second-order valence-corrected chi connectivity index (χ2v) is 8.44. The fourth-order valence-corrected chi connectivity index (χ4v) is 3.86. The maximum Gasteiger partial charge on any atom is 0.270 e. The zero-order valence-corrected chi connectivity index (χ0v) is 20.5. The van der Waals surface area contributed by atoms with Crippen molar-refractivity contribution in [3.63, 3.8) is 0 Å². The van der Waals surface area contributed by atoms with E-state index in [0.29, 0.717) is 57.1 Å². The maximum atomic E-state index is 13.4. The standard InChI is InChI=1S/C26H22Cl2FN3O3/c1-34-24-10-3-16(13-25(24)35-2)11-12-30-26(33)23-15-22(17-4-6-18(29)7-5-17)31-32(23)19-8-9-20(27)21(28)14-19/h3-10,13-15H,11-12H2,1-2H3,(H,30,33). The highest BCUT2D eigenvalue weighted by Crippen LogP contribution is 2.28. The van der Waals surface area contributed by atoms with Gasteiger partial charge in [-0.25, -0.2) is 9.07 Å². The number of benzene rings is 3. The Bertz CT molecular complexity index is 1360. The minimum atomic E-state index is -0.356. The second-order valence-electron chi connectivity index (χ2n) is 7.63. The third-order valence-corrected chi connectivity index (χ3v) is 6.12. The van der Waals surface area contributed by atoms with Crippen LogP contribution >= 0.6 is 23.2 Å². The zero-order chi connectivity index (χ0) is 24.9.